The number of hydrogen-bond acceptors (Lipinski definition) is 1. The average molecular weight is 181 g/mol. The van der Waals surface area contributed by atoms with Gasteiger partial charge >= 0.3 is 0 Å². The Morgan fingerprint density at radius 1 is 1.23 bits per heavy atom. The van der Waals surface area contributed by atoms with Crippen molar-refractivity contribution in [2.75, 3.05) is 0 Å². The van der Waals surface area contributed by atoms with Gasteiger partial charge in [0.15, 0.2) is 0 Å². The zero-order valence-electron chi connectivity index (χ0n) is 8.44. The Bertz CT molecular complexity index is 202. The molecule has 1 N–H and O–H groups in total. The van der Waals surface area contributed by atoms with E-state index in [2.05, 4.69) is 12.2 Å². The summed E-state index contributed by atoms with van der Waals surface area (Å²) in [6, 6.07) is 0. The highest BCUT2D eigenvalue weighted by Crippen LogP contribution is 2.32. The molecule has 2 heteroatoms. The summed E-state index contributed by atoms with van der Waals surface area (Å²) in [6.07, 6.45) is 8.47. The second-order valence-corrected chi connectivity index (χ2v) is 4.88. The summed E-state index contributed by atoms with van der Waals surface area (Å²) in [6.45, 7) is 2.20. The van der Waals surface area contributed by atoms with Gasteiger partial charge < -0.3 is 5.32 Å². The topological polar surface area (TPSA) is 29.1 Å². The maximum absolute atomic E-state index is 11.6. The number of carbonyl (C=O) groups is 1. The van der Waals surface area contributed by atoms with E-state index in [1.54, 1.807) is 0 Å². The van der Waals surface area contributed by atoms with Crippen molar-refractivity contribution in [3.63, 3.8) is 0 Å². The molecule has 0 aliphatic heterocycles. The first-order valence-corrected chi connectivity index (χ1v) is 5.52. The van der Waals surface area contributed by atoms with Gasteiger partial charge in [-0.15, -0.1) is 0 Å². The molecule has 0 unspecified atom stereocenters. The predicted octanol–water partition coefficient (Wildman–Crippen LogP) is 2.24. The first-order valence-electron chi connectivity index (χ1n) is 5.52. The molecule has 0 spiro atoms. The Kier molecular flexibility index (Phi) is 2.31. The first-order chi connectivity index (χ1) is 6.20. The van der Waals surface area contributed by atoms with E-state index in [0.29, 0.717) is 11.8 Å². The SMILES string of the molecule is CC1(NC(=O)C2CC2)CCCCC1. The van der Waals surface area contributed by atoms with Crippen molar-refractivity contribution in [1.82, 2.24) is 5.32 Å². The lowest BCUT2D eigenvalue weighted by atomic mass is 9.83. The van der Waals surface area contributed by atoms with Crippen LogP contribution < -0.4 is 5.32 Å². The third-order valence-corrected chi connectivity index (χ3v) is 3.33. The molecule has 0 aromatic rings. The summed E-state index contributed by atoms with van der Waals surface area (Å²) in [5, 5.41) is 3.22. The minimum atomic E-state index is 0.123. The molecule has 74 valence electrons. The Hall–Kier alpha value is -0.530. The van der Waals surface area contributed by atoms with Crippen LogP contribution in [-0.4, -0.2) is 11.4 Å². The summed E-state index contributed by atoms with van der Waals surface area (Å²) in [4.78, 5) is 11.6. The molecule has 2 saturated carbocycles. The highest BCUT2D eigenvalue weighted by atomic mass is 16.2. The molecule has 13 heavy (non-hydrogen) atoms. The standard InChI is InChI=1S/C11H19NO/c1-11(7-3-2-4-8-11)12-10(13)9-5-6-9/h9H,2-8H2,1H3,(H,12,13). The molecular formula is C11H19NO. The van der Waals surface area contributed by atoms with Gasteiger partial charge in [0, 0.05) is 11.5 Å². The van der Waals surface area contributed by atoms with Crippen molar-refractivity contribution in [3.05, 3.63) is 0 Å². The highest BCUT2D eigenvalue weighted by Gasteiger charge is 2.35. The molecule has 0 bridgehead atoms. The minimum absolute atomic E-state index is 0.123. The molecule has 0 heterocycles. The zero-order chi connectivity index (χ0) is 9.31. The molecule has 2 fully saturated rings. The van der Waals surface area contributed by atoms with E-state index in [-0.39, 0.29) is 5.54 Å². The van der Waals surface area contributed by atoms with Crippen molar-refractivity contribution < 1.29 is 4.79 Å². The fraction of sp³-hybridized carbons (Fsp3) is 0.909. The molecule has 0 aromatic heterocycles. The molecule has 2 aliphatic carbocycles. The van der Waals surface area contributed by atoms with E-state index < -0.39 is 0 Å². The number of rotatable bonds is 2. The smallest absolute Gasteiger partial charge is 0.223 e. The lowest BCUT2D eigenvalue weighted by Gasteiger charge is -2.34. The van der Waals surface area contributed by atoms with E-state index in [0.717, 1.165) is 12.8 Å². The van der Waals surface area contributed by atoms with Crippen molar-refractivity contribution in [2.45, 2.75) is 57.4 Å². The Labute approximate surface area is 80.1 Å². The number of carbonyl (C=O) groups excluding carboxylic acids is 1. The summed E-state index contributed by atoms with van der Waals surface area (Å²) in [5.41, 5.74) is 0.123. The van der Waals surface area contributed by atoms with Gasteiger partial charge in [0.2, 0.25) is 5.91 Å². The first kappa shape index (κ1) is 9.04. The van der Waals surface area contributed by atoms with Crippen molar-refractivity contribution >= 4 is 5.91 Å². The molecule has 2 nitrogen and oxygen atoms in total. The second kappa shape index (κ2) is 3.32. The fourth-order valence-electron chi connectivity index (χ4n) is 2.20. The highest BCUT2D eigenvalue weighted by molar-refractivity contribution is 5.81. The molecule has 0 radical (unpaired) electrons. The third kappa shape index (κ3) is 2.23. The zero-order valence-corrected chi connectivity index (χ0v) is 8.44. The largest absolute Gasteiger partial charge is 0.351 e. The van der Waals surface area contributed by atoms with Crippen LogP contribution in [0, 0.1) is 5.92 Å². The Morgan fingerprint density at radius 3 is 2.38 bits per heavy atom. The quantitative estimate of drug-likeness (QED) is 0.695. The van der Waals surface area contributed by atoms with Crippen LogP contribution in [0.15, 0.2) is 0 Å². The maximum Gasteiger partial charge on any atom is 0.223 e. The fourth-order valence-corrected chi connectivity index (χ4v) is 2.20. The van der Waals surface area contributed by atoms with Gasteiger partial charge in [-0.2, -0.15) is 0 Å². The van der Waals surface area contributed by atoms with Crippen LogP contribution in [0.4, 0.5) is 0 Å². The number of amides is 1. The van der Waals surface area contributed by atoms with Crippen molar-refractivity contribution in [3.8, 4) is 0 Å². The van der Waals surface area contributed by atoms with Crippen LogP contribution in [0.5, 0.6) is 0 Å². The third-order valence-electron chi connectivity index (χ3n) is 3.33. The average Bonchev–Trinajstić information content (AvgIpc) is 2.86. The van der Waals surface area contributed by atoms with Crippen LogP contribution in [0.25, 0.3) is 0 Å². The minimum Gasteiger partial charge on any atom is -0.351 e. The van der Waals surface area contributed by atoms with Crippen LogP contribution in [0.2, 0.25) is 0 Å². The molecule has 0 saturated heterocycles. The summed E-state index contributed by atoms with van der Waals surface area (Å²) >= 11 is 0. The summed E-state index contributed by atoms with van der Waals surface area (Å²) in [5.74, 6) is 0.670. The van der Waals surface area contributed by atoms with Crippen LogP contribution in [0.3, 0.4) is 0 Å². The molecule has 0 atom stereocenters. The van der Waals surface area contributed by atoms with Gasteiger partial charge in [-0.05, 0) is 32.6 Å². The van der Waals surface area contributed by atoms with Gasteiger partial charge in [-0.1, -0.05) is 19.3 Å². The van der Waals surface area contributed by atoms with Crippen LogP contribution in [-0.2, 0) is 4.79 Å². The molecular weight excluding hydrogens is 162 g/mol. The van der Waals surface area contributed by atoms with E-state index in [1.807, 2.05) is 0 Å². The monoisotopic (exact) mass is 181 g/mol. The van der Waals surface area contributed by atoms with Gasteiger partial charge in [-0.25, -0.2) is 0 Å². The molecule has 2 rings (SSSR count). The molecule has 1 amide bonds. The lowest BCUT2D eigenvalue weighted by molar-refractivity contribution is -0.124. The van der Waals surface area contributed by atoms with Crippen molar-refractivity contribution in [2.24, 2.45) is 5.92 Å². The summed E-state index contributed by atoms with van der Waals surface area (Å²) in [7, 11) is 0. The number of nitrogens with one attached hydrogen (secondary N) is 1. The summed E-state index contributed by atoms with van der Waals surface area (Å²) < 4.78 is 0. The van der Waals surface area contributed by atoms with E-state index in [1.165, 1.54) is 32.1 Å². The number of hydrogen-bond donors (Lipinski definition) is 1. The van der Waals surface area contributed by atoms with E-state index in [9.17, 15) is 4.79 Å². The van der Waals surface area contributed by atoms with Gasteiger partial charge in [0.25, 0.3) is 0 Å². The Morgan fingerprint density at radius 2 is 1.85 bits per heavy atom. The normalized spacial score (nSPS) is 26.8. The lowest BCUT2D eigenvalue weighted by Crippen LogP contribution is -2.47. The van der Waals surface area contributed by atoms with Gasteiger partial charge in [-0.3, -0.25) is 4.79 Å². The second-order valence-electron chi connectivity index (χ2n) is 4.88. The predicted molar refractivity (Wildman–Crippen MR) is 52.4 cm³/mol. The van der Waals surface area contributed by atoms with Gasteiger partial charge in [0.1, 0.15) is 0 Å². The Balaban J connectivity index is 1.86. The van der Waals surface area contributed by atoms with Gasteiger partial charge in [0.05, 0.1) is 0 Å². The molecule has 2 aliphatic rings. The van der Waals surface area contributed by atoms with Crippen LogP contribution >= 0.6 is 0 Å². The van der Waals surface area contributed by atoms with Crippen LogP contribution in [0.1, 0.15) is 51.9 Å². The van der Waals surface area contributed by atoms with E-state index >= 15 is 0 Å². The molecule has 0 aromatic carbocycles. The van der Waals surface area contributed by atoms with Crippen molar-refractivity contribution in [1.29, 1.82) is 0 Å². The van der Waals surface area contributed by atoms with E-state index in [4.69, 9.17) is 0 Å². The maximum atomic E-state index is 11.6.